The Morgan fingerprint density at radius 2 is 1.93 bits per heavy atom. The Balaban J connectivity index is 1.57. The highest BCUT2D eigenvalue weighted by Crippen LogP contribution is 2.24. The van der Waals surface area contributed by atoms with E-state index >= 15 is 0 Å². The summed E-state index contributed by atoms with van der Waals surface area (Å²) in [6.45, 7) is 0.766. The molecule has 3 heterocycles. The number of benzene rings is 2. The van der Waals surface area contributed by atoms with E-state index in [0.29, 0.717) is 16.7 Å². The van der Waals surface area contributed by atoms with Crippen molar-refractivity contribution in [1.82, 2.24) is 19.5 Å². The highest BCUT2D eigenvalue weighted by Gasteiger charge is 2.08. The standard InChI is InChI=1S/C22H16N4O/c27-22-18-5-1-2-6-19(18)24-21(25-22)17-7-8-20-16(12-17)9-11-26(20)14-15-4-3-10-23-13-15/h1-13H,14H2,(H,24,25,27). The quantitative estimate of drug-likeness (QED) is 0.534. The van der Waals surface area contributed by atoms with E-state index in [0.717, 1.165) is 28.6 Å². The fourth-order valence-corrected chi connectivity index (χ4v) is 3.40. The van der Waals surface area contributed by atoms with Crippen LogP contribution in [-0.4, -0.2) is 19.5 Å². The van der Waals surface area contributed by atoms with Gasteiger partial charge in [-0.1, -0.05) is 18.2 Å². The summed E-state index contributed by atoms with van der Waals surface area (Å²) in [6, 6.07) is 19.6. The molecule has 0 radical (unpaired) electrons. The predicted molar refractivity (Wildman–Crippen MR) is 107 cm³/mol. The van der Waals surface area contributed by atoms with Crippen molar-refractivity contribution < 1.29 is 0 Å². The van der Waals surface area contributed by atoms with Gasteiger partial charge in [-0.15, -0.1) is 0 Å². The lowest BCUT2D eigenvalue weighted by atomic mass is 10.1. The summed E-state index contributed by atoms with van der Waals surface area (Å²) >= 11 is 0. The average molecular weight is 352 g/mol. The zero-order chi connectivity index (χ0) is 18.2. The molecule has 0 saturated heterocycles. The molecular formula is C22H16N4O. The number of para-hydroxylation sites is 1. The second-order valence-corrected chi connectivity index (χ2v) is 6.51. The maximum atomic E-state index is 12.3. The molecule has 0 unspecified atom stereocenters. The fraction of sp³-hybridized carbons (Fsp3) is 0.0455. The van der Waals surface area contributed by atoms with Crippen LogP contribution in [0.2, 0.25) is 0 Å². The Labute approximate surface area is 155 Å². The smallest absolute Gasteiger partial charge is 0.259 e. The van der Waals surface area contributed by atoms with Gasteiger partial charge in [-0.25, -0.2) is 4.98 Å². The van der Waals surface area contributed by atoms with Gasteiger partial charge in [0.05, 0.1) is 10.9 Å². The molecule has 0 aliphatic carbocycles. The number of nitrogens with zero attached hydrogens (tertiary/aromatic N) is 3. The lowest BCUT2D eigenvalue weighted by molar-refractivity contribution is 0.831. The maximum Gasteiger partial charge on any atom is 0.259 e. The molecule has 0 aliphatic heterocycles. The second-order valence-electron chi connectivity index (χ2n) is 6.51. The third-order valence-electron chi connectivity index (χ3n) is 4.73. The van der Waals surface area contributed by atoms with Crippen molar-refractivity contribution in [3.8, 4) is 11.4 Å². The van der Waals surface area contributed by atoms with Crippen LogP contribution in [0, 0.1) is 0 Å². The highest BCUT2D eigenvalue weighted by atomic mass is 16.1. The number of H-pyrrole nitrogens is 1. The average Bonchev–Trinajstić information content (AvgIpc) is 3.11. The molecule has 130 valence electrons. The van der Waals surface area contributed by atoms with Crippen molar-refractivity contribution in [2.24, 2.45) is 0 Å². The minimum absolute atomic E-state index is 0.121. The van der Waals surface area contributed by atoms with Crippen LogP contribution >= 0.6 is 0 Å². The van der Waals surface area contributed by atoms with E-state index in [1.54, 1.807) is 12.3 Å². The minimum Gasteiger partial charge on any atom is -0.343 e. The van der Waals surface area contributed by atoms with Gasteiger partial charge < -0.3 is 9.55 Å². The number of hydrogen-bond acceptors (Lipinski definition) is 3. The number of nitrogens with one attached hydrogen (secondary N) is 1. The van der Waals surface area contributed by atoms with Crippen molar-refractivity contribution >= 4 is 21.8 Å². The van der Waals surface area contributed by atoms with Crippen LogP contribution in [0.4, 0.5) is 0 Å². The van der Waals surface area contributed by atoms with Crippen molar-refractivity contribution in [3.63, 3.8) is 0 Å². The topological polar surface area (TPSA) is 63.6 Å². The Bertz CT molecular complexity index is 1320. The van der Waals surface area contributed by atoms with Gasteiger partial charge in [0.2, 0.25) is 0 Å². The molecule has 0 bridgehead atoms. The van der Waals surface area contributed by atoms with Crippen LogP contribution in [0.25, 0.3) is 33.2 Å². The van der Waals surface area contributed by atoms with Gasteiger partial charge in [0, 0.05) is 41.6 Å². The minimum atomic E-state index is -0.121. The van der Waals surface area contributed by atoms with Crippen LogP contribution in [0.5, 0.6) is 0 Å². The van der Waals surface area contributed by atoms with Crippen LogP contribution in [0.3, 0.4) is 0 Å². The first-order valence-electron chi connectivity index (χ1n) is 8.75. The molecule has 0 spiro atoms. The van der Waals surface area contributed by atoms with Gasteiger partial charge in [-0.05, 0) is 48.0 Å². The van der Waals surface area contributed by atoms with E-state index in [-0.39, 0.29) is 5.56 Å². The summed E-state index contributed by atoms with van der Waals surface area (Å²) in [6.07, 6.45) is 5.73. The summed E-state index contributed by atoms with van der Waals surface area (Å²) in [7, 11) is 0. The molecule has 27 heavy (non-hydrogen) atoms. The molecule has 0 amide bonds. The molecule has 5 rings (SSSR count). The molecular weight excluding hydrogens is 336 g/mol. The third kappa shape index (κ3) is 2.79. The first kappa shape index (κ1) is 15.5. The van der Waals surface area contributed by atoms with Gasteiger partial charge in [-0.3, -0.25) is 9.78 Å². The van der Waals surface area contributed by atoms with Gasteiger partial charge in [0.25, 0.3) is 5.56 Å². The van der Waals surface area contributed by atoms with Crippen LogP contribution in [0.15, 0.2) is 84.0 Å². The molecule has 5 heteroatoms. The fourth-order valence-electron chi connectivity index (χ4n) is 3.40. The molecule has 3 aromatic heterocycles. The summed E-state index contributed by atoms with van der Waals surface area (Å²) < 4.78 is 2.19. The van der Waals surface area contributed by atoms with E-state index in [4.69, 9.17) is 0 Å². The van der Waals surface area contributed by atoms with Gasteiger partial charge in [0.1, 0.15) is 5.82 Å². The zero-order valence-electron chi connectivity index (χ0n) is 14.5. The van der Waals surface area contributed by atoms with E-state index in [9.17, 15) is 4.79 Å². The molecule has 0 fully saturated rings. The molecule has 1 N–H and O–H groups in total. The predicted octanol–water partition coefficient (Wildman–Crippen LogP) is 3.99. The van der Waals surface area contributed by atoms with Crippen LogP contribution in [-0.2, 0) is 6.54 Å². The Hall–Kier alpha value is -3.73. The zero-order valence-corrected chi connectivity index (χ0v) is 14.5. The van der Waals surface area contributed by atoms with Crippen LogP contribution < -0.4 is 5.56 Å². The molecule has 0 atom stereocenters. The first-order chi connectivity index (χ1) is 13.3. The summed E-state index contributed by atoms with van der Waals surface area (Å²) in [5, 5.41) is 1.71. The third-order valence-corrected chi connectivity index (χ3v) is 4.73. The Kier molecular flexibility index (Phi) is 3.57. The van der Waals surface area contributed by atoms with Gasteiger partial charge >= 0.3 is 0 Å². The van der Waals surface area contributed by atoms with Crippen molar-refractivity contribution in [3.05, 3.63) is 95.2 Å². The van der Waals surface area contributed by atoms with Crippen molar-refractivity contribution in [2.45, 2.75) is 6.54 Å². The number of aromatic nitrogens is 4. The summed E-state index contributed by atoms with van der Waals surface area (Å²) in [5.41, 5.74) is 3.75. The SMILES string of the molecule is O=c1[nH]c(-c2ccc3c(ccn3Cc3cccnc3)c2)nc2ccccc12. The maximum absolute atomic E-state index is 12.3. The normalized spacial score (nSPS) is 11.3. The molecule has 0 aliphatic rings. The molecule has 0 saturated carbocycles. The monoisotopic (exact) mass is 352 g/mol. The lowest BCUT2D eigenvalue weighted by Crippen LogP contribution is -2.09. The number of aromatic amines is 1. The summed E-state index contributed by atoms with van der Waals surface area (Å²) in [4.78, 5) is 24.0. The summed E-state index contributed by atoms with van der Waals surface area (Å²) in [5.74, 6) is 0.584. The van der Waals surface area contributed by atoms with Gasteiger partial charge in [-0.2, -0.15) is 0 Å². The number of rotatable bonds is 3. The Morgan fingerprint density at radius 3 is 2.81 bits per heavy atom. The van der Waals surface area contributed by atoms with Crippen LogP contribution in [0.1, 0.15) is 5.56 Å². The number of hydrogen-bond donors (Lipinski definition) is 1. The number of pyridine rings is 1. The molecule has 5 aromatic rings. The first-order valence-corrected chi connectivity index (χ1v) is 8.75. The van der Waals surface area contributed by atoms with Crippen molar-refractivity contribution in [2.75, 3.05) is 0 Å². The lowest BCUT2D eigenvalue weighted by Gasteiger charge is -2.07. The van der Waals surface area contributed by atoms with Crippen molar-refractivity contribution in [1.29, 1.82) is 0 Å². The Morgan fingerprint density at radius 1 is 1.00 bits per heavy atom. The highest BCUT2D eigenvalue weighted by molar-refractivity contribution is 5.86. The van der Waals surface area contributed by atoms with E-state index < -0.39 is 0 Å². The largest absolute Gasteiger partial charge is 0.343 e. The number of fused-ring (bicyclic) bond motifs is 2. The van der Waals surface area contributed by atoms with Gasteiger partial charge in [0.15, 0.2) is 0 Å². The molecule has 5 nitrogen and oxygen atoms in total. The van der Waals surface area contributed by atoms with E-state index in [2.05, 4.69) is 50.0 Å². The van der Waals surface area contributed by atoms with E-state index in [1.807, 2.05) is 36.5 Å². The second kappa shape index (κ2) is 6.21. The molecule has 2 aromatic carbocycles. The van der Waals surface area contributed by atoms with E-state index in [1.165, 1.54) is 0 Å².